The molecule has 0 rings (SSSR count). The van der Waals surface area contributed by atoms with Gasteiger partial charge in [-0.25, -0.2) is 0 Å². The second-order valence-corrected chi connectivity index (χ2v) is 3.31. The molecule has 0 amide bonds. The van der Waals surface area contributed by atoms with Crippen molar-refractivity contribution >= 4 is 34.3 Å². The van der Waals surface area contributed by atoms with Crippen molar-refractivity contribution in [3.63, 3.8) is 0 Å². The molecule has 0 N–H and O–H groups in total. The van der Waals surface area contributed by atoms with Crippen LogP contribution in [0.3, 0.4) is 0 Å². The van der Waals surface area contributed by atoms with E-state index in [0.29, 0.717) is 0 Å². The Morgan fingerprint density at radius 1 is 1.27 bits per heavy atom. The monoisotopic (exact) mass is 290 g/mol. The quantitative estimate of drug-likeness (QED) is 0.552. The summed E-state index contributed by atoms with van der Waals surface area (Å²) in [5, 5.41) is 0. The van der Waals surface area contributed by atoms with E-state index < -0.39 is 0 Å². The summed E-state index contributed by atoms with van der Waals surface area (Å²) >= 11 is 0. The van der Waals surface area contributed by atoms with Crippen molar-refractivity contribution < 1.29 is 26.2 Å². The molecule has 0 aromatic rings. The molecule has 68 valence electrons. The van der Waals surface area contributed by atoms with Crippen LogP contribution in [-0.4, -0.2) is 9.52 Å². The van der Waals surface area contributed by atoms with Gasteiger partial charge in [0.2, 0.25) is 0 Å². The molecular weight excluding hydrogens is 274 g/mol. The summed E-state index contributed by atoms with van der Waals surface area (Å²) in [7, 11) is 0.205. The SMILES string of the molecule is CCCC/C=C/[SiH2]C.Cl.Cl.[Zr]. The van der Waals surface area contributed by atoms with Gasteiger partial charge in [0.1, 0.15) is 0 Å². The average molecular weight is 292 g/mol. The minimum atomic E-state index is 0. The van der Waals surface area contributed by atoms with Crippen LogP contribution in [0.4, 0.5) is 0 Å². The van der Waals surface area contributed by atoms with Crippen molar-refractivity contribution in [2.75, 3.05) is 0 Å². The molecule has 0 heterocycles. The van der Waals surface area contributed by atoms with E-state index >= 15 is 0 Å². The van der Waals surface area contributed by atoms with Gasteiger partial charge < -0.3 is 0 Å². The van der Waals surface area contributed by atoms with Crippen LogP contribution in [0.2, 0.25) is 6.55 Å². The zero-order chi connectivity index (χ0) is 6.24. The Kier molecular flexibility index (Phi) is 46.8. The van der Waals surface area contributed by atoms with Gasteiger partial charge in [-0.3, -0.25) is 0 Å². The first kappa shape index (κ1) is 22.8. The van der Waals surface area contributed by atoms with E-state index in [4.69, 9.17) is 0 Å². The first-order valence-electron chi connectivity index (χ1n) is 3.56. The van der Waals surface area contributed by atoms with Crippen LogP contribution < -0.4 is 0 Å². The molecule has 4 heteroatoms. The standard InChI is InChI=1S/C7H16Si.2ClH.Zr/c1-3-4-5-6-7-8-2;;;/h6-7H,3-5,8H2,1-2H3;2*1H;/b7-6+;;;. The van der Waals surface area contributed by atoms with Crippen LogP contribution in [0.25, 0.3) is 0 Å². The Bertz CT molecular complexity index is 69.5. The van der Waals surface area contributed by atoms with E-state index in [9.17, 15) is 0 Å². The Morgan fingerprint density at radius 3 is 2.18 bits per heavy atom. The Hall–Kier alpha value is 1.42. The van der Waals surface area contributed by atoms with Gasteiger partial charge in [-0.15, -0.1) is 30.5 Å². The van der Waals surface area contributed by atoms with Crippen molar-refractivity contribution in [1.82, 2.24) is 0 Å². The number of rotatable bonds is 4. The van der Waals surface area contributed by atoms with Crippen LogP contribution in [-0.2, 0) is 26.2 Å². The largest absolute Gasteiger partial charge is 0.147 e. The summed E-state index contributed by atoms with van der Waals surface area (Å²) in [5.74, 6) is 0. The third kappa shape index (κ3) is 24.6. The van der Waals surface area contributed by atoms with Gasteiger partial charge in [-0.2, -0.15) is 0 Å². The van der Waals surface area contributed by atoms with Crippen LogP contribution in [0.5, 0.6) is 0 Å². The first-order chi connectivity index (χ1) is 3.91. The van der Waals surface area contributed by atoms with Crippen LogP contribution in [0, 0.1) is 0 Å². The summed E-state index contributed by atoms with van der Waals surface area (Å²) < 4.78 is 0. The molecule has 0 saturated carbocycles. The molecule has 0 spiro atoms. The number of hydrogen-bond acceptors (Lipinski definition) is 0. The number of halogens is 2. The zero-order valence-corrected chi connectivity index (χ0v) is 12.8. The fraction of sp³-hybridized carbons (Fsp3) is 0.714. The van der Waals surface area contributed by atoms with E-state index in [2.05, 4.69) is 25.2 Å². The summed E-state index contributed by atoms with van der Waals surface area (Å²) in [6, 6.07) is 0. The van der Waals surface area contributed by atoms with E-state index in [1.54, 1.807) is 0 Å². The van der Waals surface area contributed by atoms with Crippen LogP contribution in [0.1, 0.15) is 26.2 Å². The predicted octanol–water partition coefficient (Wildman–Crippen LogP) is 2.75. The van der Waals surface area contributed by atoms with Gasteiger partial charge in [0.05, 0.1) is 0 Å². The normalized spacial score (nSPS) is 8.91. The van der Waals surface area contributed by atoms with Gasteiger partial charge >= 0.3 is 0 Å². The zero-order valence-electron chi connectivity index (χ0n) is 7.30. The maximum absolute atomic E-state index is 2.37. The van der Waals surface area contributed by atoms with Gasteiger partial charge in [-0.05, 0) is 6.42 Å². The molecule has 0 aliphatic heterocycles. The maximum atomic E-state index is 2.37. The summed E-state index contributed by atoms with van der Waals surface area (Å²) in [6.45, 7) is 4.54. The van der Waals surface area contributed by atoms with Gasteiger partial charge in [0.25, 0.3) is 0 Å². The molecule has 0 aromatic heterocycles. The third-order valence-electron chi connectivity index (χ3n) is 1.13. The molecule has 0 unspecified atom stereocenters. The molecule has 0 nitrogen and oxygen atoms in total. The van der Waals surface area contributed by atoms with Gasteiger partial charge in [0, 0.05) is 35.7 Å². The minimum Gasteiger partial charge on any atom is -0.147 e. The molecule has 11 heavy (non-hydrogen) atoms. The molecular formula is C7H18Cl2SiZr. The Labute approximate surface area is 104 Å². The second kappa shape index (κ2) is 22.5. The Morgan fingerprint density at radius 2 is 1.82 bits per heavy atom. The van der Waals surface area contributed by atoms with Crippen molar-refractivity contribution in [3.8, 4) is 0 Å². The van der Waals surface area contributed by atoms with E-state index in [1.807, 2.05) is 0 Å². The third-order valence-corrected chi connectivity index (χ3v) is 1.93. The van der Waals surface area contributed by atoms with E-state index in [-0.39, 0.29) is 60.5 Å². The predicted molar refractivity (Wildman–Crippen MR) is 57.6 cm³/mol. The molecule has 0 aliphatic carbocycles. The first-order valence-corrected chi connectivity index (χ1v) is 5.79. The van der Waals surface area contributed by atoms with E-state index in [1.165, 1.54) is 19.3 Å². The second-order valence-electron chi connectivity index (χ2n) is 2.02. The van der Waals surface area contributed by atoms with Crippen molar-refractivity contribution in [1.29, 1.82) is 0 Å². The summed E-state index contributed by atoms with van der Waals surface area (Å²) in [5.41, 5.74) is 2.37. The van der Waals surface area contributed by atoms with Crippen molar-refractivity contribution in [3.05, 3.63) is 11.8 Å². The Balaban J connectivity index is -0.0000000817. The van der Waals surface area contributed by atoms with Gasteiger partial charge in [0.15, 0.2) is 0 Å². The number of hydrogen-bond donors (Lipinski definition) is 0. The molecule has 0 aliphatic rings. The summed E-state index contributed by atoms with van der Waals surface area (Å²) in [4.78, 5) is 0. The molecule has 0 fully saturated rings. The molecule has 0 radical (unpaired) electrons. The smallest absolute Gasteiger partial charge is 0.0419 e. The molecule has 0 aromatic carbocycles. The number of unbranched alkanes of at least 4 members (excludes halogenated alkanes) is 2. The summed E-state index contributed by atoms with van der Waals surface area (Å²) in [6.07, 6.45) is 6.33. The van der Waals surface area contributed by atoms with Crippen LogP contribution >= 0.6 is 24.8 Å². The molecule has 0 atom stereocenters. The van der Waals surface area contributed by atoms with Crippen LogP contribution in [0.15, 0.2) is 11.8 Å². The fourth-order valence-corrected chi connectivity index (χ4v) is 1.18. The molecule has 0 saturated heterocycles. The maximum Gasteiger partial charge on any atom is 0.0419 e. The average Bonchev–Trinajstić information content (AvgIpc) is 1.81. The topological polar surface area (TPSA) is 0 Å². The van der Waals surface area contributed by atoms with E-state index in [0.717, 1.165) is 0 Å². The van der Waals surface area contributed by atoms with Crippen molar-refractivity contribution in [2.24, 2.45) is 0 Å². The minimum absolute atomic E-state index is 0. The van der Waals surface area contributed by atoms with Gasteiger partial charge in [-0.1, -0.05) is 32.4 Å². The number of allylic oxidation sites excluding steroid dienone is 1. The molecule has 0 bridgehead atoms. The fourth-order valence-electron chi connectivity index (χ4n) is 0.606. The van der Waals surface area contributed by atoms with Crippen molar-refractivity contribution in [2.45, 2.75) is 32.7 Å².